The normalized spacial score (nSPS) is 17.8. The molecule has 23 heavy (non-hydrogen) atoms. The minimum absolute atomic E-state index is 0.144. The van der Waals surface area contributed by atoms with Crippen molar-refractivity contribution in [3.63, 3.8) is 0 Å². The molecule has 1 aliphatic rings. The Morgan fingerprint density at radius 2 is 2.13 bits per heavy atom. The fraction of sp³-hybridized carbons (Fsp3) is 0.353. The van der Waals surface area contributed by atoms with Crippen LogP contribution in [-0.4, -0.2) is 46.3 Å². The van der Waals surface area contributed by atoms with Gasteiger partial charge in [-0.2, -0.15) is 5.10 Å². The van der Waals surface area contributed by atoms with E-state index in [2.05, 4.69) is 5.10 Å². The monoisotopic (exact) mass is 313 g/mol. The third-order valence-corrected chi connectivity index (χ3v) is 4.10. The first-order chi connectivity index (χ1) is 11.2. The van der Waals surface area contributed by atoms with Gasteiger partial charge in [-0.15, -0.1) is 0 Å². The third-order valence-electron chi connectivity index (χ3n) is 4.10. The van der Waals surface area contributed by atoms with Crippen LogP contribution in [0.5, 0.6) is 0 Å². The van der Waals surface area contributed by atoms with Crippen LogP contribution in [0.1, 0.15) is 29.6 Å². The molecule has 0 radical (unpaired) electrons. The summed E-state index contributed by atoms with van der Waals surface area (Å²) in [6, 6.07) is 8.59. The van der Waals surface area contributed by atoms with E-state index in [9.17, 15) is 9.59 Å². The Bertz CT molecular complexity index is 697. The van der Waals surface area contributed by atoms with E-state index in [4.69, 9.17) is 4.74 Å². The molecule has 1 aromatic heterocycles. The summed E-state index contributed by atoms with van der Waals surface area (Å²) in [6.45, 7) is 0.574. The minimum Gasteiger partial charge on any atom is -0.467 e. The van der Waals surface area contributed by atoms with E-state index in [1.165, 1.54) is 7.11 Å². The number of benzene rings is 1. The first kappa shape index (κ1) is 15.3. The SMILES string of the molecule is COC(=O)[C@H]1CCCCN1C(=O)c1cccc(-n2cccn2)c1. The van der Waals surface area contributed by atoms with Crippen molar-refractivity contribution in [2.45, 2.75) is 25.3 Å². The summed E-state index contributed by atoms with van der Waals surface area (Å²) in [5.41, 5.74) is 1.36. The van der Waals surface area contributed by atoms with Gasteiger partial charge in [0.15, 0.2) is 0 Å². The van der Waals surface area contributed by atoms with Crippen molar-refractivity contribution in [3.05, 3.63) is 48.3 Å². The average molecular weight is 313 g/mol. The Balaban J connectivity index is 1.87. The maximum atomic E-state index is 12.8. The molecule has 0 unspecified atom stereocenters. The van der Waals surface area contributed by atoms with E-state index in [0.717, 1.165) is 18.5 Å². The molecule has 0 bridgehead atoms. The van der Waals surface area contributed by atoms with Crippen LogP contribution >= 0.6 is 0 Å². The topological polar surface area (TPSA) is 64.4 Å². The predicted molar refractivity (Wildman–Crippen MR) is 84.3 cm³/mol. The Labute approximate surface area is 134 Å². The predicted octanol–water partition coefficient (Wildman–Crippen LogP) is 2.04. The molecule has 0 N–H and O–H groups in total. The van der Waals surface area contributed by atoms with Crippen LogP contribution < -0.4 is 0 Å². The Morgan fingerprint density at radius 1 is 1.26 bits per heavy atom. The smallest absolute Gasteiger partial charge is 0.328 e. The van der Waals surface area contributed by atoms with Gasteiger partial charge in [0.25, 0.3) is 5.91 Å². The van der Waals surface area contributed by atoms with E-state index >= 15 is 0 Å². The summed E-state index contributed by atoms with van der Waals surface area (Å²) in [4.78, 5) is 26.4. The Morgan fingerprint density at radius 3 is 2.87 bits per heavy atom. The number of methoxy groups -OCH3 is 1. The zero-order chi connectivity index (χ0) is 16.2. The molecule has 1 amide bonds. The van der Waals surface area contributed by atoms with Crippen molar-refractivity contribution in [3.8, 4) is 5.69 Å². The highest BCUT2D eigenvalue weighted by Gasteiger charge is 2.33. The van der Waals surface area contributed by atoms with Gasteiger partial charge in [-0.1, -0.05) is 6.07 Å². The van der Waals surface area contributed by atoms with Gasteiger partial charge in [-0.25, -0.2) is 9.48 Å². The number of carbonyl (C=O) groups excluding carboxylic acids is 2. The lowest BCUT2D eigenvalue weighted by atomic mass is 10.0. The fourth-order valence-corrected chi connectivity index (χ4v) is 2.92. The number of hydrogen-bond acceptors (Lipinski definition) is 4. The number of likely N-dealkylation sites (tertiary alicyclic amines) is 1. The highest BCUT2D eigenvalue weighted by atomic mass is 16.5. The number of rotatable bonds is 3. The van der Waals surface area contributed by atoms with E-state index in [1.54, 1.807) is 27.9 Å². The molecule has 1 fully saturated rings. The van der Waals surface area contributed by atoms with Crippen LogP contribution in [0.15, 0.2) is 42.7 Å². The van der Waals surface area contributed by atoms with Crippen LogP contribution in [0, 0.1) is 0 Å². The molecule has 1 aromatic carbocycles. The lowest BCUT2D eigenvalue weighted by Gasteiger charge is -2.33. The molecule has 6 heteroatoms. The molecule has 6 nitrogen and oxygen atoms in total. The second-order valence-electron chi connectivity index (χ2n) is 5.53. The van der Waals surface area contributed by atoms with Crippen molar-refractivity contribution in [2.75, 3.05) is 13.7 Å². The highest BCUT2D eigenvalue weighted by molar-refractivity contribution is 5.97. The molecule has 0 aliphatic carbocycles. The lowest BCUT2D eigenvalue weighted by Crippen LogP contribution is -2.48. The molecular weight excluding hydrogens is 294 g/mol. The van der Waals surface area contributed by atoms with E-state index in [1.807, 2.05) is 24.4 Å². The summed E-state index contributed by atoms with van der Waals surface area (Å²) >= 11 is 0. The first-order valence-electron chi connectivity index (χ1n) is 7.69. The number of nitrogens with zero attached hydrogens (tertiary/aromatic N) is 3. The van der Waals surface area contributed by atoms with Gasteiger partial charge in [0.05, 0.1) is 12.8 Å². The molecule has 2 heterocycles. The summed E-state index contributed by atoms with van der Waals surface area (Å²) in [6.07, 6.45) is 5.99. The summed E-state index contributed by atoms with van der Waals surface area (Å²) in [5, 5.41) is 4.17. The maximum absolute atomic E-state index is 12.8. The van der Waals surface area contributed by atoms with Crippen LogP contribution in [0.4, 0.5) is 0 Å². The molecule has 2 aromatic rings. The number of aromatic nitrogens is 2. The number of piperidine rings is 1. The summed E-state index contributed by atoms with van der Waals surface area (Å²) < 4.78 is 6.54. The average Bonchev–Trinajstić information content (AvgIpc) is 3.15. The first-order valence-corrected chi connectivity index (χ1v) is 7.69. The van der Waals surface area contributed by atoms with Gasteiger partial charge < -0.3 is 9.64 Å². The van der Waals surface area contributed by atoms with Crippen molar-refractivity contribution in [1.82, 2.24) is 14.7 Å². The zero-order valence-corrected chi connectivity index (χ0v) is 13.0. The molecule has 1 aliphatic heterocycles. The quantitative estimate of drug-likeness (QED) is 0.814. The van der Waals surface area contributed by atoms with Crippen LogP contribution in [0.3, 0.4) is 0 Å². The second-order valence-corrected chi connectivity index (χ2v) is 5.53. The van der Waals surface area contributed by atoms with Gasteiger partial charge in [0, 0.05) is 24.5 Å². The van der Waals surface area contributed by atoms with Crippen LogP contribution in [-0.2, 0) is 9.53 Å². The summed E-state index contributed by atoms with van der Waals surface area (Å²) in [5.74, 6) is -0.490. The third kappa shape index (κ3) is 3.11. The van der Waals surface area contributed by atoms with Gasteiger partial charge in [0.1, 0.15) is 6.04 Å². The van der Waals surface area contributed by atoms with E-state index < -0.39 is 6.04 Å². The fourth-order valence-electron chi connectivity index (χ4n) is 2.92. The van der Waals surface area contributed by atoms with Crippen LogP contribution in [0.2, 0.25) is 0 Å². The number of hydrogen-bond donors (Lipinski definition) is 0. The Kier molecular flexibility index (Phi) is 4.41. The summed E-state index contributed by atoms with van der Waals surface area (Å²) in [7, 11) is 1.36. The van der Waals surface area contributed by atoms with Crippen molar-refractivity contribution < 1.29 is 14.3 Å². The lowest BCUT2D eigenvalue weighted by molar-refractivity contribution is -0.147. The highest BCUT2D eigenvalue weighted by Crippen LogP contribution is 2.21. The largest absolute Gasteiger partial charge is 0.467 e. The molecule has 120 valence electrons. The zero-order valence-electron chi connectivity index (χ0n) is 13.0. The molecular formula is C17H19N3O3. The standard InChI is InChI=1S/C17H19N3O3/c1-23-17(22)15-8-2-3-10-19(15)16(21)13-6-4-7-14(12-13)20-11-5-9-18-20/h4-7,9,11-12,15H,2-3,8,10H2,1H3/t15-/m1/s1. The number of ether oxygens (including phenoxy) is 1. The number of esters is 1. The molecule has 3 rings (SSSR count). The van der Waals surface area contributed by atoms with E-state index in [-0.39, 0.29) is 11.9 Å². The Hall–Kier alpha value is -2.63. The second kappa shape index (κ2) is 6.64. The van der Waals surface area contributed by atoms with Crippen molar-refractivity contribution in [2.24, 2.45) is 0 Å². The number of carbonyl (C=O) groups is 2. The molecule has 1 atom stereocenters. The van der Waals surface area contributed by atoms with Crippen LogP contribution in [0.25, 0.3) is 5.69 Å². The van der Waals surface area contributed by atoms with Gasteiger partial charge >= 0.3 is 5.97 Å². The van der Waals surface area contributed by atoms with Crippen molar-refractivity contribution in [1.29, 1.82) is 0 Å². The van der Waals surface area contributed by atoms with Gasteiger partial charge in [-0.3, -0.25) is 4.79 Å². The van der Waals surface area contributed by atoms with Crippen molar-refractivity contribution >= 4 is 11.9 Å². The minimum atomic E-state index is -0.491. The van der Waals surface area contributed by atoms with Gasteiger partial charge in [-0.05, 0) is 43.5 Å². The van der Waals surface area contributed by atoms with E-state index in [0.29, 0.717) is 18.5 Å². The van der Waals surface area contributed by atoms with Gasteiger partial charge in [0.2, 0.25) is 0 Å². The molecule has 0 saturated carbocycles. The molecule has 0 spiro atoms. The number of amides is 1. The molecule has 1 saturated heterocycles. The maximum Gasteiger partial charge on any atom is 0.328 e.